The second-order valence-electron chi connectivity index (χ2n) is 8.89. The van der Waals surface area contributed by atoms with Gasteiger partial charge in [-0.25, -0.2) is 0 Å². The van der Waals surface area contributed by atoms with Crippen LogP contribution in [-0.2, 0) is 12.8 Å². The number of hydrogen-bond donors (Lipinski definition) is 0. The molecule has 1 saturated carbocycles. The molecule has 1 atom stereocenters. The van der Waals surface area contributed by atoms with Crippen molar-refractivity contribution in [2.45, 2.75) is 76.8 Å². The van der Waals surface area contributed by atoms with E-state index in [0.29, 0.717) is 6.04 Å². The normalized spacial score (nSPS) is 25.8. The number of hydrogen-bond acceptors (Lipinski definition) is 5. The third kappa shape index (κ3) is 4.93. The lowest BCUT2D eigenvalue weighted by molar-refractivity contribution is 0.0676. The van der Waals surface area contributed by atoms with E-state index in [0.717, 1.165) is 18.9 Å². The van der Waals surface area contributed by atoms with Crippen molar-refractivity contribution >= 4 is 0 Å². The second kappa shape index (κ2) is 9.53. The summed E-state index contributed by atoms with van der Waals surface area (Å²) in [4.78, 5) is 8.23. The van der Waals surface area contributed by atoms with Crippen LogP contribution in [0.3, 0.4) is 0 Å². The summed E-state index contributed by atoms with van der Waals surface area (Å²) in [5, 5.41) is 4.16. The Morgan fingerprint density at radius 3 is 2.67 bits per heavy atom. The van der Waals surface area contributed by atoms with Gasteiger partial charge in [0, 0.05) is 56.9 Å². The Labute approximate surface area is 165 Å². The van der Waals surface area contributed by atoms with E-state index in [-0.39, 0.29) is 0 Å². The molecule has 0 amide bonds. The average molecular weight is 375 g/mol. The van der Waals surface area contributed by atoms with E-state index in [1.165, 1.54) is 102 Å². The Morgan fingerprint density at radius 1 is 1.07 bits per heavy atom. The summed E-state index contributed by atoms with van der Waals surface area (Å²) in [6, 6.07) is 1.55. The largest absolute Gasteiger partial charge is 0.364 e. The molecule has 27 heavy (non-hydrogen) atoms. The predicted octanol–water partition coefficient (Wildman–Crippen LogP) is 3.19. The topological polar surface area (TPSA) is 35.8 Å². The van der Waals surface area contributed by atoms with Gasteiger partial charge < -0.3 is 4.52 Å². The van der Waals surface area contributed by atoms with Crippen LogP contribution in [0.15, 0.2) is 10.8 Å². The highest BCUT2D eigenvalue weighted by Gasteiger charge is 2.28. The SMILES string of the molecule is CCCN(CCN1CCN(C2CCCCC2)CC1)C1CCc2nocc2C1. The van der Waals surface area contributed by atoms with Gasteiger partial charge in [0.2, 0.25) is 0 Å². The summed E-state index contributed by atoms with van der Waals surface area (Å²) in [5.74, 6) is 0. The third-order valence-corrected chi connectivity index (χ3v) is 7.13. The number of nitrogens with zero attached hydrogens (tertiary/aromatic N) is 4. The minimum Gasteiger partial charge on any atom is -0.364 e. The number of piperazine rings is 1. The molecule has 1 aliphatic heterocycles. The maximum Gasteiger partial charge on any atom is 0.127 e. The van der Waals surface area contributed by atoms with Gasteiger partial charge in [-0.05, 0) is 45.1 Å². The van der Waals surface area contributed by atoms with E-state index in [4.69, 9.17) is 4.52 Å². The molecule has 5 nitrogen and oxygen atoms in total. The molecule has 1 aromatic rings. The molecule has 0 aromatic carbocycles. The van der Waals surface area contributed by atoms with E-state index in [1.54, 1.807) is 0 Å². The molecule has 152 valence electrons. The first-order chi connectivity index (χ1) is 13.3. The van der Waals surface area contributed by atoms with E-state index in [9.17, 15) is 0 Å². The Bertz CT molecular complexity index is 560. The van der Waals surface area contributed by atoms with E-state index < -0.39 is 0 Å². The maximum absolute atomic E-state index is 5.19. The van der Waals surface area contributed by atoms with Crippen LogP contribution in [0, 0.1) is 0 Å². The average Bonchev–Trinajstić information content (AvgIpc) is 3.20. The highest BCUT2D eigenvalue weighted by Crippen LogP contribution is 2.25. The molecule has 2 heterocycles. The van der Waals surface area contributed by atoms with Crippen LogP contribution in [0.25, 0.3) is 0 Å². The Balaban J connectivity index is 1.23. The molecule has 1 aromatic heterocycles. The van der Waals surface area contributed by atoms with Crippen molar-refractivity contribution in [2.24, 2.45) is 0 Å². The van der Waals surface area contributed by atoms with Crippen molar-refractivity contribution in [3.05, 3.63) is 17.5 Å². The molecular weight excluding hydrogens is 336 g/mol. The molecule has 0 bridgehead atoms. The molecule has 0 radical (unpaired) electrons. The van der Waals surface area contributed by atoms with Crippen molar-refractivity contribution in [3.8, 4) is 0 Å². The fourth-order valence-electron chi connectivity index (χ4n) is 5.46. The zero-order valence-electron chi connectivity index (χ0n) is 17.2. The van der Waals surface area contributed by atoms with Crippen LogP contribution in [0.5, 0.6) is 0 Å². The summed E-state index contributed by atoms with van der Waals surface area (Å²) in [5.41, 5.74) is 2.54. The van der Waals surface area contributed by atoms with E-state index in [1.807, 2.05) is 6.26 Å². The number of fused-ring (bicyclic) bond motifs is 1. The molecule has 1 saturated heterocycles. The first-order valence-corrected chi connectivity index (χ1v) is 11.5. The highest BCUT2D eigenvalue weighted by atomic mass is 16.5. The molecular formula is C22H38N4O. The quantitative estimate of drug-likeness (QED) is 0.732. The fraction of sp³-hybridized carbons (Fsp3) is 0.864. The molecule has 3 aliphatic rings. The van der Waals surface area contributed by atoms with Crippen LogP contribution in [-0.4, -0.2) is 77.8 Å². The monoisotopic (exact) mass is 374 g/mol. The van der Waals surface area contributed by atoms with E-state index in [2.05, 4.69) is 26.8 Å². The smallest absolute Gasteiger partial charge is 0.127 e. The van der Waals surface area contributed by atoms with Gasteiger partial charge in [0.05, 0.1) is 5.69 Å². The predicted molar refractivity (Wildman–Crippen MR) is 109 cm³/mol. The Morgan fingerprint density at radius 2 is 1.89 bits per heavy atom. The second-order valence-corrected chi connectivity index (χ2v) is 8.89. The molecule has 5 heteroatoms. The zero-order valence-corrected chi connectivity index (χ0v) is 17.2. The minimum atomic E-state index is 0.667. The van der Waals surface area contributed by atoms with Crippen LogP contribution in [0.1, 0.15) is 63.1 Å². The molecule has 2 aliphatic carbocycles. The van der Waals surface area contributed by atoms with Crippen molar-refractivity contribution in [1.82, 2.24) is 19.9 Å². The van der Waals surface area contributed by atoms with Crippen molar-refractivity contribution < 1.29 is 4.52 Å². The summed E-state index contributed by atoms with van der Waals surface area (Å²) in [6.07, 6.45) is 13.8. The van der Waals surface area contributed by atoms with Crippen LogP contribution in [0.4, 0.5) is 0 Å². The summed E-state index contributed by atoms with van der Waals surface area (Å²) < 4.78 is 5.19. The van der Waals surface area contributed by atoms with Gasteiger partial charge in [0.1, 0.15) is 6.26 Å². The van der Waals surface area contributed by atoms with Gasteiger partial charge in [-0.3, -0.25) is 14.7 Å². The fourth-order valence-corrected chi connectivity index (χ4v) is 5.46. The van der Waals surface area contributed by atoms with Gasteiger partial charge in [-0.15, -0.1) is 0 Å². The zero-order chi connectivity index (χ0) is 18.5. The number of aromatic nitrogens is 1. The van der Waals surface area contributed by atoms with Crippen LogP contribution < -0.4 is 0 Å². The molecule has 1 unspecified atom stereocenters. The van der Waals surface area contributed by atoms with Crippen molar-refractivity contribution in [2.75, 3.05) is 45.8 Å². The summed E-state index contributed by atoms with van der Waals surface area (Å²) in [6.45, 7) is 11.1. The minimum absolute atomic E-state index is 0.667. The first kappa shape index (κ1) is 19.4. The summed E-state index contributed by atoms with van der Waals surface area (Å²) in [7, 11) is 0. The van der Waals surface area contributed by atoms with Gasteiger partial charge in [0.25, 0.3) is 0 Å². The Hall–Kier alpha value is -0.910. The van der Waals surface area contributed by atoms with Gasteiger partial charge in [0.15, 0.2) is 0 Å². The van der Waals surface area contributed by atoms with Crippen LogP contribution in [0.2, 0.25) is 0 Å². The molecule has 0 N–H and O–H groups in total. The molecule has 2 fully saturated rings. The van der Waals surface area contributed by atoms with Crippen molar-refractivity contribution in [3.63, 3.8) is 0 Å². The van der Waals surface area contributed by atoms with Crippen molar-refractivity contribution in [1.29, 1.82) is 0 Å². The summed E-state index contributed by atoms with van der Waals surface area (Å²) >= 11 is 0. The van der Waals surface area contributed by atoms with Gasteiger partial charge in [-0.1, -0.05) is 31.3 Å². The standard InChI is InChI=1S/C22H38N4O/c1-2-10-25(21-8-9-22-19(17-21)18-27-23-22)14-11-24-12-15-26(16-13-24)20-6-4-3-5-7-20/h18,20-21H,2-17H2,1H3. The number of aryl methyl sites for hydroxylation is 1. The molecule has 4 rings (SSSR count). The van der Waals surface area contributed by atoms with E-state index >= 15 is 0 Å². The van der Waals surface area contributed by atoms with Crippen LogP contribution >= 0.6 is 0 Å². The number of rotatable bonds is 7. The van der Waals surface area contributed by atoms with Gasteiger partial charge >= 0.3 is 0 Å². The lowest BCUT2D eigenvalue weighted by Crippen LogP contribution is -2.52. The molecule has 0 spiro atoms. The Kier molecular flexibility index (Phi) is 6.85. The first-order valence-electron chi connectivity index (χ1n) is 11.5. The lowest BCUT2D eigenvalue weighted by Gasteiger charge is -2.42. The van der Waals surface area contributed by atoms with Gasteiger partial charge in [-0.2, -0.15) is 0 Å². The highest BCUT2D eigenvalue weighted by molar-refractivity contribution is 5.19. The third-order valence-electron chi connectivity index (χ3n) is 7.13. The lowest BCUT2D eigenvalue weighted by atomic mass is 9.92. The maximum atomic E-state index is 5.19.